The van der Waals surface area contributed by atoms with Crippen molar-refractivity contribution in [3.63, 3.8) is 0 Å². The van der Waals surface area contributed by atoms with Crippen LogP contribution < -0.4 is 5.32 Å². The molecule has 0 spiro atoms. The Kier molecular flexibility index (Phi) is 2.34. The zero-order chi connectivity index (χ0) is 10.8. The first-order valence-electron chi connectivity index (χ1n) is 5.37. The second-order valence-electron chi connectivity index (χ2n) is 3.90. The van der Waals surface area contributed by atoms with E-state index < -0.39 is 0 Å². The van der Waals surface area contributed by atoms with E-state index in [1.165, 1.54) is 0 Å². The summed E-state index contributed by atoms with van der Waals surface area (Å²) in [6.45, 7) is 1.97. The summed E-state index contributed by atoms with van der Waals surface area (Å²) in [7, 11) is 0. The van der Waals surface area contributed by atoms with Crippen molar-refractivity contribution in [2.24, 2.45) is 0 Å². The maximum Gasteiger partial charge on any atom is 0.134 e. The molecule has 80 valence electrons. The van der Waals surface area contributed by atoms with E-state index in [1.807, 2.05) is 30.6 Å². The largest absolute Gasteiger partial charge is 0.315 e. The standard InChI is InChI=1S/C12H12N4/c1-2-9(6-13-4-1)11-3-5-15-12(16-11)10-7-14-8-10/h1-6,10,14H,7-8H2. The molecule has 1 aliphatic rings. The van der Waals surface area contributed by atoms with Gasteiger partial charge in [0.15, 0.2) is 0 Å². The summed E-state index contributed by atoms with van der Waals surface area (Å²) in [4.78, 5) is 13.0. The first-order valence-corrected chi connectivity index (χ1v) is 5.37. The van der Waals surface area contributed by atoms with Gasteiger partial charge in [-0.3, -0.25) is 4.98 Å². The molecule has 3 rings (SSSR count). The van der Waals surface area contributed by atoms with Crippen molar-refractivity contribution in [2.75, 3.05) is 13.1 Å². The molecule has 2 aromatic heterocycles. The van der Waals surface area contributed by atoms with Gasteiger partial charge in [0.05, 0.1) is 5.69 Å². The summed E-state index contributed by atoms with van der Waals surface area (Å²) < 4.78 is 0. The number of hydrogen-bond acceptors (Lipinski definition) is 4. The van der Waals surface area contributed by atoms with Crippen molar-refractivity contribution in [3.8, 4) is 11.3 Å². The predicted octanol–water partition coefficient (Wildman–Crippen LogP) is 1.23. The van der Waals surface area contributed by atoms with Gasteiger partial charge in [-0.05, 0) is 18.2 Å². The van der Waals surface area contributed by atoms with Gasteiger partial charge in [-0.2, -0.15) is 0 Å². The Morgan fingerprint density at radius 2 is 2.12 bits per heavy atom. The number of nitrogens with one attached hydrogen (secondary N) is 1. The Morgan fingerprint density at radius 1 is 1.19 bits per heavy atom. The molecule has 16 heavy (non-hydrogen) atoms. The number of hydrogen-bond donors (Lipinski definition) is 1. The van der Waals surface area contributed by atoms with E-state index in [0.29, 0.717) is 5.92 Å². The molecule has 1 fully saturated rings. The maximum absolute atomic E-state index is 4.57. The molecule has 0 bridgehead atoms. The number of rotatable bonds is 2. The van der Waals surface area contributed by atoms with Gasteiger partial charge in [-0.1, -0.05) is 0 Å². The molecule has 0 saturated carbocycles. The van der Waals surface area contributed by atoms with Crippen molar-refractivity contribution >= 4 is 0 Å². The molecule has 0 aromatic carbocycles. The summed E-state index contributed by atoms with van der Waals surface area (Å²) in [6, 6.07) is 5.85. The Bertz CT molecular complexity index is 479. The molecule has 4 heteroatoms. The summed E-state index contributed by atoms with van der Waals surface area (Å²) >= 11 is 0. The molecule has 3 heterocycles. The highest BCUT2D eigenvalue weighted by Gasteiger charge is 2.21. The van der Waals surface area contributed by atoms with Gasteiger partial charge >= 0.3 is 0 Å². The number of aromatic nitrogens is 3. The summed E-state index contributed by atoms with van der Waals surface area (Å²) in [6.07, 6.45) is 5.41. The molecule has 0 aliphatic carbocycles. The monoisotopic (exact) mass is 212 g/mol. The van der Waals surface area contributed by atoms with Crippen LogP contribution in [0, 0.1) is 0 Å². The molecular weight excluding hydrogens is 200 g/mol. The summed E-state index contributed by atoms with van der Waals surface area (Å²) in [5.41, 5.74) is 1.99. The lowest BCUT2D eigenvalue weighted by atomic mass is 10.0. The van der Waals surface area contributed by atoms with Crippen LogP contribution in [0.15, 0.2) is 36.8 Å². The Morgan fingerprint density at radius 3 is 2.81 bits per heavy atom. The Hall–Kier alpha value is -1.81. The van der Waals surface area contributed by atoms with Crippen molar-refractivity contribution in [2.45, 2.75) is 5.92 Å². The molecular formula is C12H12N4. The van der Waals surface area contributed by atoms with E-state index in [4.69, 9.17) is 0 Å². The van der Waals surface area contributed by atoms with Crippen LogP contribution in [0.1, 0.15) is 11.7 Å². The fraction of sp³-hybridized carbons (Fsp3) is 0.250. The third-order valence-corrected chi connectivity index (χ3v) is 2.78. The molecule has 4 nitrogen and oxygen atoms in total. The molecule has 0 amide bonds. The number of pyridine rings is 1. The normalized spacial score (nSPS) is 15.8. The van der Waals surface area contributed by atoms with Crippen LogP contribution in [-0.2, 0) is 0 Å². The zero-order valence-corrected chi connectivity index (χ0v) is 8.80. The van der Waals surface area contributed by atoms with Crippen LogP contribution in [-0.4, -0.2) is 28.0 Å². The fourth-order valence-corrected chi connectivity index (χ4v) is 1.72. The Balaban J connectivity index is 1.96. The van der Waals surface area contributed by atoms with Crippen molar-refractivity contribution in [1.29, 1.82) is 0 Å². The quantitative estimate of drug-likeness (QED) is 0.813. The molecule has 1 saturated heterocycles. The Labute approximate surface area is 93.8 Å². The average molecular weight is 212 g/mol. The van der Waals surface area contributed by atoms with Gasteiger partial charge in [0.2, 0.25) is 0 Å². The van der Waals surface area contributed by atoms with E-state index in [0.717, 1.165) is 30.2 Å². The van der Waals surface area contributed by atoms with Crippen LogP contribution >= 0.6 is 0 Å². The minimum absolute atomic E-state index is 0.469. The third-order valence-electron chi connectivity index (χ3n) is 2.78. The van der Waals surface area contributed by atoms with Crippen molar-refractivity contribution in [3.05, 3.63) is 42.6 Å². The van der Waals surface area contributed by atoms with Crippen LogP contribution in [0.3, 0.4) is 0 Å². The molecule has 1 aliphatic heterocycles. The highest BCUT2D eigenvalue weighted by molar-refractivity contribution is 5.56. The van der Waals surface area contributed by atoms with Crippen LogP contribution in [0.2, 0.25) is 0 Å². The fourth-order valence-electron chi connectivity index (χ4n) is 1.72. The first-order chi connectivity index (χ1) is 7.93. The van der Waals surface area contributed by atoms with E-state index in [9.17, 15) is 0 Å². The highest BCUT2D eigenvalue weighted by atomic mass is 15.0. The van der Waals surface area contributed by atoms with E-state index in [1.54, 1.807) is 6.20 Å². The second kappa shape index (κ2) is 3.98. The van der Waals surface area contributed by atoms with Crippen LogP contribution in [0.4, 0.5) is 0 Å². The predicted molar refractivity (Wildman–Crippen MR) is 60.9 cm³/mol. The van der Waals surface area contributed by atoms with Crippen LogP contribution in [0.25, 0.3) is 11.3 Å². The summed E-state index contributed by atoms with van der Waals surface area (Å²) in [5, 5.41) is 3.23. The molecule has 0 radical (unpaired) electrons. The maximum atomic E-state index is 4.57. The van der Waals surface area contributed by atoms with Crippen molar-refractivity contribution in [1.82, 2.24) is 20.3 Å². The molecule has 0 unspecified atom stereocenters. The first kappa shape index (κ1) is 9.42. The van der Waals surface area contributed by atoms with Gasteiger partial charge in [0.25, 0.3) is 0 Å². The highest BCUT2D eigenvalue weighted by Crippen LogP contribution is 2.19. The molecule has 2 aromatic rings. The smallest absolute Gasteiger partial charge is 0.134 e. The lowest BCUT2D eigenvalue weighted by molar-refractivity contribution is 0.430. The zero-order valence-electron chi connectivity index (χ0n) is 8.80. The minimum Gasteiger partial charge on any atom is -0.315 e. The minimum atomic E-state index is 0.469. The van der Waals surface area contributed by atoms with Gasteiger partial charge in [0.1, 0.15) is 5.82 Å². The topological polar surface area (TPSA) is 50.7 Å². The van der Waals surface area contributed by atoms with Gasteiger partial charge in [0, 0.05) is 43.2 Å². The van der Waals surface area contributed by atoms with E-state index >= 15 is 0 Å². The van der Waals surface area contributed by atoms with Crippen molar-refractivity contribution < 1.29 is 0 Å². The number of nitrogens with zero attached hydrogens (tertiary/aromatic N) is 3. The lowest BCUT2D eigenvalue weighted by Crippen LogP contribution is -2.40. The van der Waals surface area contributed by atoms with E-state index in [-0.39, 0.29) is 0 Å². The molecule has 0 atom stereocenters. The summed E-state index contributed by atoms with van der Waals surface area (Å²) in [5.74, 6) is 1.40. The van der Waals surface area contributed by atoms with Gasteiger partial charge in [-0.15, -0.1) is 0 Å². The van der Waals surface area contributed by atoms with E-state index in [2.05, 4.69) is 20.3 Å². The lowest BCUT2D eigenvalue weighted by Gasteiger charge is -2.25. The van der Waals surface area contributed by atoms with Gasteiger partial charge < -0.3 is 5.32 Å². The van der Waals surface area contributed by atoms with Gasteiger partial charge in [-0.25, -0.2) is 9.97 Å². The van der Waals surface area contributed by atoms with Crippen LogP contribution in [0.5, 0.6) is 0 Å². The molecule has 1 N–H and O–H groups in total. The SMILES string of the molecule is c1cncc(-c2ccnc(C3CNC3)n2)c1. The second-order valence-corrected chi connectivity index (χ2v) is 3.90. The average Bonchev–Trinajstić information content (AvgIpc) is 2.28. The third kappa shape index (κ3) is 1.67.